The second kappa shape index (κ2) is 8.64. The van der Waals surface area contributed by atoms with Crippen molar-refractivity contribution in [2.24, 2.45) is 0 Å². The third kappa shape index (κ3) is 4.13. The van der Waals surface area contributed by atoms with Crippen molar-refractivity contribution in [1.82, 2.24) is 10.3 Å². The van der Waals surface area contributed by atoms with Gasteiger partial charge in [-0.25, -0.2) is 9.37 Å². The van der Waals surface area contributed by atoms with Crippen LogP contribution >= 0.6 is 0 Å². The molecule has 1 amide bonds. The topological polar surface area (TPSA) is 106 Å². The van der Waals surface area contributed by atoms with Gasteiger partial charge in [0.25, 0.3) is 5.91 Å². The number of nitrogens with zero attached hydrogens (tertiary/aromatic N) is 2. The van der Waals surface area contributed by atoms with E-state index in [0.717, 1.165) is 19.3 Å². The van der Waals surface area contributed by atoms with Crippen LogP contribution in [-0.4, -0.2) is 44.6 Å². The number of nitrogens with one attached hydrogen (secondary N) is 1. The monoisotopic (exact) mass is 427 g/mol. The van der Waals surface area contributed by atoms with Crippen LogP contribution in [0.25, 0.3) is 5.76 Å². The van der Waals surface area contributed by atoms with Gasteiger partial charge >= 0.3 is 0 Å². The zero-order valence-corrected chi connectivity index (χ0v) is 17.1. The maximum absolute atomic E-state index is 13.3. The Kier molecular flexibility index (Phi) is 5.93. The lowest BCUT2D eigenvalue weighted by molar-refractivity contribution is -0.121. The molecule has 164 valence electrons. The fraction of sp³-hybridized carbons (Fsp3) is 0.391. The quantitative estimate of drug-likeness (QED) is 0.585. The molecule has 0 spiro atoms. The van der Waals surface area contributed by atoms with Crippen molar-refractivity contribution in [1.29, 1.82) is 0 Å². The molecule has 1 aromatic carbocycles. The van der Waals surface area contributed by atoms with Gasteiger partial charge in [0.05, 0.1) is 17.7 Å². The smallest absolute Gasteiger partial charge is 0.256 e. The van der Waals surface area contributed by atoms with E-state index in [-0.39, 0.29) is 30.3 Å². The van der Waals surface area contributed by atoms with Crippen LogP contribution in [0.15, 0.2) is 48.2 Å². The summed E-state index contributed by atoms with van der Waals surface area (Å²) in [5.41, 5.74) is 0.0689. The summed E-state index contributed by atoms with van der Waals surface area (Å²) >= 11 is 0. The molecular weight excluding hydrogens is 401 g/mol. The van der Waals surface area contributed by atoms with Gasteiger partial charge in [-0.1, -0.05) is 31.4 Å². The summed E-state index contributed by atoms with van der Waals surface area (Å²) in [6.07, 6.45) is 4.15. The summed E-state index contributed by atoms with van der Waals surface area (Å²) in [4.78, 5) is 19.0. The molecule has 2 aliphatic rings. The number of hydrogen-bond donors (Lipinski definition) is 4. The Morgan fingerprint density at radius 2 is 1.90 bits per heavy atom. The number of aromatic nitrogens is 1. The Hall–Kier alpha value is -2.97. The van der Waals surface area contributed by atoms with Gasteiger partial charge in [0, 0.05) is 12.7 Å². The van der Waals surface area contributed by atoms with Crippen molar-refractivity contribution in [3.8, 4) is 0 Å². The highest BCUT2D eigenvalue weighted by Crippen LogP contribution is 2.36. The van der Waals surface area contributed by atoms with E-state index < -0.39 is 17.7 Å². The Balaban J connectivity index is 1.68. The summed E-state index contributed by atoms with van der Waals surface area (Å²) < 4.78 is 13.3. The first-order valence-electron chi connectivity index (χ1n) is 10.5. The highest BCUT2D eigenvalue weighted by atomic mass is 19.1. The maximum atomic E-state index is 13.3. The number of amides is 1. The van der Waals surface area contributed by atoms with E-state index in [2.05, 4.69) is 10.3 Å². The van der Waals surface area contributed by atoms with Gasteiger partial charge in [-0.3, -0.25) is 4.79 Å². The maximum Gasteiger partial charge on any atom is 0.256 e. The molecule has 0 saturated heterocycles. The van der Waals surface area contributed by atoms with E-state index in [0.29, 0.717) is 29.8 Å². The van der Waals surface area contributed by atoms with Crippen LogP contribution in [0.5, 0.6) is 0 Å². The number of halogens is 1. The average molecular weight is 427 g/mol. The Labute approximate surface area is 179 Å². The molecule has 8 heteroatoms. The van der Waals surface area contributed by atoms with Gasteiger partial charge in [-0.05, 0) is 42.7 Å². The second-order valence-electron chi connectivity index (χ2n) is 8.22. The largest absolute Gasteiger partial charge is 0.507 e. The lowest BCUT2D eigenvalue weighted by Crippen LogP contribution is -2.55. The molecule has 2 heterocycles. The minimum absolute atomic E-state index is 0.153. The molecule has 0 bridgehead atoms. The predicted octanol–water partition coefficient (Wildman–Crippen LogP) is 2.64. The number of aliphatic hydroxyl groups is 3. The van der Waals surface area contributed by atoms with Crippen LogP contribution in [0.1, 0.15) is 43.2 Å². The normalized spacial score (nSPS) is 20.4. The highest BCUT2D eigenvalue weighted by molar-refractivity contribution is 6.03. The number of anilines is 1. The van der Waals surface area contributed by atoms with Crippen molar-refractivity contribution in [2.75, 3.05) is 11.5 Å². The molecule has 2 aromatic rings. The second-order valence-corrected chi connectivity index (χ2v) is 8.22. The Morgan fingerprint density at radius 3 is 2.58 bits per heavy atom. The van der Waals surface area contributed by atoms with Gasteiger partial charge in [-0.15, -0.1) is 0 Å². The minimum Gasteiger partial charge on any atom is -0.507 e. The lowest BCUT2D eigenvalue weighted by atomic mass is 9.82. The van der Waals surface area contributed by atoms with E-state index in [1.807, 2.05) is 0 Å². The molecule has 4 rings (SSSR count). The summed E-state index contributed by atoms with van der Waals surface area (Å²) in [5.74, 6) is -1.02. The number of hydrogen-bond acceptors (Lipinski definition) is 6. The summed E-state index contributed by atoms with van der Waals surface area (Å²) in [6, 6.07) is 9.07. The lowest BCUT2D eigenvalue weighted by Gasteiger charge is -2.39. The number of carbonyl (C=O) groups excluding carboxylic acids is 1. The van der Waals surface area contributed by atoms with Crippen LogP contribution in [0.3, 0.4) is 0 Å². The third-order valence-corrected chi connectivity index (χ3v) is 6.13. The molecule has 1 unspecified atom stereocenters. The molecule has 1 aromatic heterocycles. The Morgan fingerprint density at radius 1 is 1.19 bits per heavy atom. The van der Waals surface area contributed by atoms with Crippen molar-refractivity contribution < 1.29 is 24.5 Å². The summed E-state index contributed by atoms with van der Waals surface area (Å²) in [7, 11) is 0. The first-order valence-corrected chi connectivity index (χ1v) is 10.5. The van der Waals surface area contributed by atoms with Crippen LogP contribution < -0.4 is 10.2 Å². The van der Waals surface area contributed by atoms with Crippen molar-refractivity contribution in [2.45, 2.75) is 50.4 Å². The van der Waals surface area contributed by atoms with Gasteiger partial charge < -0.3 is 25.5 Å². The fourth-order valence-corrected chi connectivity index (χ4v) is 4.38. The average Bonchev–Trinajstić information content (AvgIpc) is 2.78. The van der Waals surface area contributed by atoms with Crippen LogP contribution in [0.2, 0.25) is 0 Å². The first kappa shape index (κ1) is 21.3. The van der Waals surface area contributed by atoms with E-state index in [1.54, 1.807) is 24.3 Å². The zero-order valence-electron chi connectivity index (χ0n) is 17.1. The number of benzene rings is 1. The fourth-order valence-electron chi connectivity index (χ4n) is 4.38. The van der Waals surface area contributed by atoms with Gasteiger partial charge in [0.2, 0.25) is 0 Å². The zero-order chi connectivity index (χ0) is 22.0. The number of pyridine rings is 1. The molecule has 1 fully saturated rings. The van der Waals surface area contributed by atoms with Crippen LogP contribution in [0.4, 0.5) is 10.2 Å². The SMILES string of the molecule is O=C(NC1(CO)CCCCC1)C1=C(O)c2cccnc2N(Cc2ccc(F)cc2)C1O. The van der Waals surface area contributed by atoms with Crippen molar-refractivity contribution >= 4 is 17.5 Å². The molecule has 1 aliphatic carbocycles. The number of fused-ring (bicyclic) bond motifs is 1. The molecule has 7 nitrogen and oxygen atoms in total. The molecular formula is C23H26FN3O4. The molecule has 4 N–H and O–H groups in total. The number of aliphatic hydroxyl groups excluding tert-OH is 3. The van der Waals surface area contributed by atoms with Gasteiger partial charge in [0.1, 0.15) is 23.0 Å². The van der Waals surface area contributed by atoms with Crippen LogP contribution in [0, 0.1) is 5.82 Å². The molecule has 1 atom stereocenters. The van der Waals surface area contributed by atoms with Gasteiger partial charge in [-0.2, -0.15) is 0 Å². The number of rotatable bonds is 5. The third-order valence-electron chi connectivity index (χ3n) is 6.13. The minimum atomic E-state index is -1.47. The summed E-state index contributed by atoms with van der Waals surface area (Å²) in [5, 5.41) is 34.7. The standard InChI is InChI=1S/C23H26FN3O4/c24-16-8-6-15(7-9-16)13-27-20-17(5-4-12-25-20)19(29)18(22(27)31)21(30)26-23(14-28)10-2-1-3-11-23/h4-9,12,22,28-29,31H,1-3,10-11,13-14H2,(H,26,30). The Bertz CT molecular complexity index is 987. The highest BCUT2D eigenvalue weighted by Gasteiger charge is 2.40. The molecule has 1 aliphatic heterocycles. The van der Waals surface area contributed by atoms with Crippen molar-refractivity contribution in [3.05, 3.63) is 65.1 Å². The van der Waals surface area contributed by atoms with E-state index in [9.17, 15) is 24.5 Å². The first-order chi connectivity index (χ1) is 14.9. The molecule has 1 saturated carbocycles. The molecule has 31 heavy (non-hydrogen) atoms. The predicted molar refractivity (Wildman–Crippen MR) is 113 cm³/mol. The number of carbonyl (C=O) groups is 1. The van der Waals surface area contributed by atoms with E-state index >= 15 is 0 Å². The summed E-state index contributed by atoms with van der Waals surface area (Å²) in [6.45, 7) is -0.0546. The van der Waals surface area contributed by atoms with Crippen molar-refractivity contribution in [3.63, 3.8) is 0 Å². The van der Waals surface area contributed by atoms with E-state index in [1.165, 1.54) is 23.2 Å². The van der Waals surface area contributed by atoms with E-state index in [4.69, 9.17) is 0 Å². The molecule has 0 radical (unpaired) electrons. The van der Waals surface area contributed by atoms with Gasteiger partial charge in [0.15, 0.2) is 6.23 Å². The van der Waals surface area contributed by atoms with Crippen LogP contribution in [-0.2, 0) is 11.3 Å².